The van der Waals surface area contributed by atoms with Gasteiger partial charge in [0.25, 0.3) is 0 Å². The fourth-order valence-corrected chi connectivity index (χ4v) is 2.31. The van der Waals surface area contributed by atoms with E-state index in [9.17, 15) is 0 Å². The normalized spacial score (nSPS) is 10.4. The first-order valence-corrected chi connectivity index (χ1v) is 6.48. The van der Waals surface area contributed by atoms with Crippen molar-refractivity contribution >= 4 is 22.9 Å². The number of rotatable bonds is 4. The molecule has 1 heterocycles. The van der Waals surface area contributed by atoms with E-state index in [1.807, 2.05) is 25.1 Å². The Kier molecular flexibility index (Phi) is 3.86. The lowest BCUT2D eigenvalue weighted by Crippen LogP contribution is -2.01. The van der Waals surface area contributed by atoms with Crippen LogP contribution in [0.1, 0.15) is 11.1 Å². The SMILES string of the molecule is Cc1ccc(Cl)cc1OCCc1ccsc1. The quantitative estimate of drug-likeness (QED) is 0.787. The standard InChI is InChI=1S/C13H13ClOS/c1-10-2-3-12(14)8-13(10)15-6-4-11-5-7-16-9-11/h2-3,5,7-9H,4,6H2,1H3. The molecule has 0 radical (unpaired) electrons. The van der Waals surface area contributed by atoms with E-state index in [-0.39, 0.29) is 0 Å². The summed E-state index contributed by atoms with van der Waals surface area (Å²) in [5.74, 6) is 0.878. The minimum absolute atomic E-state index is 0.692. The van der Waals surface area contributed by atoms with Gasteiger partial charge in [-0.15, -0.1) is 0 Å². The molecule has 0 atom stereocenters. The Morgan fingerprint density at radius 3 is 2.94 bits per heavy atom. The summed E-state index contributed by atoms with van der Waals surface area (Å²) in [6, 6.07) is 7.84. The summed E-state index contributed by atoms with van der Waals surface area (Å²) in [5.41, 5.74) is 2.44. The minimum Gasteiger partial charge on any atom is -0.493 e. The van der Waals surface area contributed by atoms with Gasteiger partial charge in [0.15, 0.2) is 0 Å². The summed E-state index contributed by atoms with van der Waals surface area (Å²) < 4.78 is 5.71. The average Bonchev–Trinajstić information content (AvgIpc) is 2.76. The second kappa shape index (κ2) is 5.37. The van der Waals surface area contributed by atoms with Crippen molar-refractivity contribution in [1.82, 2.24) is 0 Å². The first kappa shape index (κ1) is 11.5. The lowest BCUT2D eigenvalue weighted by Gasteiger charge is -2.08. The zero-order valence-corrected chi connectivity index (χ0v) is 10.6. The Labute approximate surface area is 105 Å². The molecule has 0 amide bonds. The fraction of sp³-hybridized carbons (Fsp3) is 0.231. The Morgan fingerprint density at radius 1 is 1.31 bits per heavy atom. The Balaban J connectivity index is 1.92. The zero-order chi connectivity index (χ0) is 11.4. The molecule has 1 aromatic heterocycles. The summed E-state index contributed by atoms with van der Waals surface area (Å²) >= 11 is 7.63. The third-order valence-electron chi connectivity index (χ3n) is 2.38. The molecular weight excluding hydrogens is 240 g/mol. The number of hydrogen-bond donors (Lipinski definition) is 0. The summed E-state index contributed by atoms with van der Waals surface area (Å²) in [6.07, 6.45) is 0.940. The molecule has 0 spiro atoms. The molecule has 0 aliphatic heterocycles. The van der Waals surface area contributed by atoms with Gasteiger partial charge in [0, 0.05) is 11.4 Å². The van der Waals surface area contributed by atoms with Crippen LogP contribution in [-0.2, 0) is 6.42 Å². The van der Waals surface area contributed by atoms with Crippen molar-refractivity contribution in [3.05, 3.63) is 51.2 Å². The van der Waals surface area contributed by atoms with E-state index in [2.05, 4.69) is 16.8 Å². The van der Waals surface area contributed by atoms with E-state index in [1.165, 1.54) is 5.56 Å². The molecular formula is C13H13ClOS. The van der Waals surface area contributed by atoms with Gasteiger partial charge in [-0.1, -0.05) is 17.7 Å². The number of thiophene rings is 1. The monoisotopic (exact) mass is 252 g/mol. The van der Waals surface area contributed by atoms with Crippen molar-refractivity contribution in [2.24, 2.45) is 0 Å². The third-order valence-corrected chi connectivity index (χ3v) is 3.35. The molecule has 0 aliphatic carbocycles. The third kappa shape index (κ3) is 3.00. The lowest BCUT2D eigenvalue weighted by atomic mass is 10.2. The van der Waals surface area contributed by atoms with Gasteiger partial charge in [0.05, 0.1) is 6.61 Å². The molecule has 2 rings (SSSR count). The van der Waals surface area contributed by atoms with E-state index in [1.54, 1.807) is 11.3 Å². The smallest absolute Gasteiger partial charge is 0.123 e. The van der Waals surface area contributed by atoms with E-state index >= 15 is 0 Å². The maximum atomic E-state index is 5.92. The van der Waals surface area contributed by atoms with E-state index < -0.39 is 0 Å². The second-order valence-electron chi connectivity index (χ2n) is 3.64. The molecule has 0 saturated heterocycles. The van der Waals surface area contributed by atoms with Crippen molar-refractivity contribution in [1.29, 1.82) is 0 Å². The maximum absolute atomic E-state index is 5.92. The molecule has 3 heteroatoms. The highest BCUT2D eigenvalue weighted by atomic mass is 35.5. The molecule has 1 aromatic carbocycles. The maximum Gasteiger partial charge on any atom is 0.123 e. The number of hydrogen-bond acceptors (Lipinski definition) is 2. The van der Waals surface area contributed by atoms with Crippen LogP contribution in [0.4, 0.5) is 0 Å². The van der Waals surface area contributed by atoms with Crippen LogP contribution < -0.4 is 4.74 Å². The number of ether oxygens (including phenoxy) is 1. The van der Waals surface area contributed by atoms with Gasteiger partial charge < -0.3 is 4.74 Å². The molecule has 16 heavy (non-hydrogen) atoms. The molecule has 0 fully saturated rings. The molecule has 0 unspecified atom stereocenters. The van der Waals surface area contributed by atoms with Crippen LogP contribution in [0.15, 0.2) is 35.0 Å². The van der Waals surface area contributed by atoms with Gasteiger partial charge in [-0.05, 0) is 47.0 Å². The van der Waals surface area contributed by atoms with Crippen LogP contribution in [0, 0.1) is 6.92 Å². The number of halogens is 1. The molecule has 84 valence electrons. The van der Waals surface area contributed by atoms with Gasteiger partial charge >= 0.3 is 0 Å². The van der Waals surface area contributed by atoms with Gasteiger partial charge in [0.1, 0.15) is 5.75 Å². The van der Waals surface area contributed by atoms with Gasteiger partial charge in [-0.2, -0.15) is 11.3 Å². The second-order valence-corrected chi connectivity index (χ2v) is 4.86. The summed E-state index contributed by atoms with van der Waals surface area (Å²) in [7, 11) is 0. The Bertz CT molecular complexity index is 451. The zero-order valence-electron chi connectivity index (χ0n) is 9.07. The predicted molar refractivity (Wildman–Crippen MR) is 69.7 cm³/mol. The Hall–Kier alpha value is -0.990. The largest absolute Gasteiger partial charge is 0.493 e. The predicted octanol–water partition coefficient (Wildman–Crippen LogP) is 4.33. The lowest BCUT2D eigenvalue weighted by molar-refractivity contribution is 0.320. The number of aryl methyl sites for hydroxylation is 1. The summed E-state index contributed by atoms with van der Waals surface area (Å²) in [5, 5.41) is 4.95. The van der Waals surface area contributed by atoms with Crippen LogP contribution in [0.25, 0.3) is 0 Å². The van der Waals surface area contributed by atoms with E-state index in [0.29, 0.717) is 6.61 Å². The first-order chi connectivity index (χ1) is 7.75. The van der Waals surface area contributed by atoms with Gasteiger partial charge in [-0.25, -0.2) is 0 Å². The van der Waals surface area contributed by atoms with Crippen molar-refractivity contribution in [2.75, 3.05) is 6.61 Å². The first-order valence-electron chi connectivity index (χ1n) is 5.16. The topological polar surface area (TPSA) is 9.23 Å². The van der Waals surface area contributed by atoms with Crippen molar-refractivity contribution < 1.29 is 4.74 Å². The average molecular weight is 253 g/mol. The van der Waals surface area contributed by atoms with Gasteiger partial charge in [0.2, 0.25) is 0 Å². The van der Waals surface area contributed by atoms with Crippen molar-refractivity contribution in [3.63, 3.8) is 0 Å². The minimum atomic E-state index is 0.692. The molecule has 0 aliphatic rings. The molecule has 0 saturated carbocycles. The highest BCUT2D eigenvalue weighted by Gasteiger charge is 2.01. The molecule has 0 bridgehead atoms. The molecule has 1 nitrogen and oxygen atoms in total. The van der Waals surface area contributed by atoms with E-state index in [0.717, 1.165) is 22.8 Å². The van der Waals surface area contributed by atoms with Crippen LogP contribution >= 0.6 is 22.9 Å². The molecule has 0 N–H and O–H groups in total. The fourth-order valence-electron chi connectivity index (χ4n) is 1.44. The Morgan fingerprint density at radius 2 is 2.19 bits per heavy atom. The summed E-state index contributed by atoms with van der Waals surface area (Å²) in [4.78, 5) is 0. The van der Waals surface area contributed by atoms with Crippen LogP contribution in [-0.4, -0.2) is 6.61 Å². The molecule has 2 aromatic rings. The van der Waals surface area contributed by atoms with Crippen molar-refractivity contribution in [3.8, 4) is 5.75 Å². The van der Waals surface area contributed by atoms with Crippen molar-refractivity contribution in [2.45, 2.75) is 13.3 Å². The number of benzene rings is 1. The highest BCUT2D eigenvalue weighted by Crippen LogP contribution is 2.22. The van der Waals surface area contributed by atoms with E-state index in [4.69, 9.17) is 16.3 Å². The highest BCUT2D eigenvalue weighted by molar-refractivity contribution is 7.07. The van der Waals surface area contributed by atoms with Crippen LogP contribution in [0.3, 0.4) is 0 Å². The summed E-state index contributed by atoms with van der Waals surface area (Å²) in [6.45, 7) is 2.72. The van der Waals surface area contributed by atoms with Crippen LogP contribution in [0.2, 0.25) is 5.02 Å². The van der Waals surface area contributed by atoms with Crippen LogP contribution in [0.5, 0.6) is 5.75 Å². The van der Waals surface area contributed by atoms with Gasteiger partial charge in [-0.3, -0.25) is 0 Å².